The maximum absolute atomic E-state index is 11.9. The van der Waals surface area contributed by atoms with Crippen molar-refractivity contribution in [3.8, 4) is 0 Å². The second kappa shape index (κ2) is 20.9. The maximum atomic E-state index is 11.9. The van der Waals surface area contributed by atoms with Crippen LogP contribution in [-0.2, 0) is 9.59 Å². The lowest BCUT2D eigenvalue weighted by atomic mass is 10.0. The highest BCUT2D eigenvalue weighted by Crippen LogP contribution is 2.13. The number of hydrogen-bond acceptors (Lipinski definition) is 3. The van der Waals surface area contributed by atoms with Crippen molar-refractivity contribution in [2.24, 2.45) is 5.92 Å². The number of rotatable bonds is 21. The van der Waals surface area contributed by atoms with Crippen LogP contribution in [0.15, 0.2) is 12.2 Å². The lowest BCUT2D eigenvalue weighted by Gasteiger charge is -2.12. The molecule has 0 fully saturated rings. The van der Waals surface area contributed by atoms with Crippen molar-refractivity contribution in [1.29, 1.82) is 0 Å². The van der Waals surface area contributed by atoms with E-state index < -0.39 is 11.9 Å². The molecule has 0 saturated heterocycles. The smallest absolute Gasteiger partial charge is 0.307 e. The van der Waals surface area contributed by atoms with Crippen LogP contribution in [0, 0.1) is 5.92 Å². The number of carboxylic acid groups (broad SMARTS) is 1. The molecule has 0 aliphatic rings. The second-order valence-electron chi connectivity index (χ2n) is 8.78. The Kier molecular flexibility index (Phi) is 19.9. The van der Waals surface area contributed by atoms with Crippen molar-refractivity contribution < 1.29 is 14.7 Å². The van der Waals surface area contributed by atoms with Crippen LogP contribution in [0.2, 0.25) is 0 Å². The molecule has 1 atom stereocenters. The van der Waals surface area contributed by atoms with Crippen LogP contribution >= 0.6 is 0 Å². The molecule has 0 aromatic heterocycles. The molecule has 5 nitrogen and oxygen atoms in total. The fourth-order valence-corrected chi connectivity index (χ4v) is 3.50. The van der Waals surface area contributed by atoms with Crippen LogP contribution in [0.5, 0.6) is 0 Å². The Hall–Kier alpha value is -1.36. The van der Waals surface area contributed by atoms with Crippen molar-refractivity contribution in [3.63, 3.8) is 0 Å². The number of unbranched alkanes of at least 4 members (excludes halogenated alkanes) is 11. The summed E-state index contributed by atoms with van der Waals surface area (Å²) in [6.07, 6.45) is 21.0. The van der Waals surface area contributed by atoms with E-state index in [4.69, 9.17) is 0 Å². The number of aliphatic carboxylic acids is 1. The number of allylic oxidation sites excluding steroid dienone is 2. The molecule has 30 heavy (non-hydrogen) atoms. The quantitative estimate of drug-likeness (QED) is 0.181. The van der Waals surface area contributed by atoms with Gasteiger partial charge in [0.15, 0.2) is 0 Å². The minimum Gasteiger partial charge on any atom is -0.481 e. The predicted octanol–water partition coefficient (Wildman–Crippen LogP) is 5.79. The van der Waals surface area contributed by atoms with Gasteiger partial charge in [-0.2, -0.15) is 0 Å². The summed E-state index contributed by atoms with van der Waals surface area (Å²) < 4.78 is 0. The topological polar surface area (TPSA) is 69.6 Å². The normalized spacial score (nSPS) is 12.5. The van der Waals surface area contributed by atoms with Crippen molar-refractivity contribution in [2.75, 3.05) is 27.2 Å². The third-order valence-corrected chi connectivity index (χ3v) is 5.45. The van der Waals surface area contributed by atoms with E-state index in [-0.39, 0.29) is 12.3 Å². The van der Waals surface area contributed by atoms with E-state index >= 15 is 0 Å². The minimum absolute atomic E-state index is 0.0556. The highest BCUT2D eigenvalue weighted by Gasteiger charge is 2.19. The molecule has 0 aliphatic carbocycles. The number of amides is 1. The number of carbonyl (C=O) groups excluding carboxylic acids is 1. The van der Waals surface area contributed by atoms with Crippen molar-refractivity contribution >= 4 is 11.9 Å². The molecule has 0 rings (SSSR count). The molecule has 1 unspecified atom stereocenters. The van der Waals surface area contributed by atoms with E-state index in [1.165, 1.54) is 64.2 Å². The van der Waals surface area contributed by atoms with E-state index in [0.29, 0.717) is 13.0 Å². The number of carbonyl (C=O) groups is 2. The molecule has 0 radical (unpaired) electrons. The molecule has 0 aromatic carbocycles. The van der Waals surface area contributed by atoms with Gasteiger partial charge in [-0.1, -0.05) is 83.3 Å². The van der Waals surface area contributed by atoms with E-state index in [2.05, 4.69) is 23.2 Å². The summed E-state index contributed by atoms with van der Waals surface area (Å²) in [4.78, 5) is 25.4. The van der Waals surface area contributed by atoms with Gasteiger partial charge in [0.2, 0.25) is 5.91 Å². The van der Waals surface area contributed by atoms with Crippen LogP contribution in [-0.4, -0.2) is 49.1 Å². The summed E-state index contributed by atoms with van der Waals surface area (Å²) in [6.45, 7) is 3.76. The molecule has 0 bridgehead atoms. The Bertz CT molecular complexity index is 450. The first-order valence-corrected chi connectivity index (χ1v) is 12.3. The lowest BCUT2D eigenvalue weighted by molar-refractivity contribution is -0.143. The Morgan fingerprint density at radius 2 is 1.43 bits per heavy atom. The van der Waals surface area contributed by atoms with Crippen LogP contribution in [0.1, 0.15) is 103 Å². The molecule has 0 aliphatic heterocycles. The Labute approximate surface area is 185 Å². The zero-order valence-corrected chi connectivity index (χ0v) is 20.0. The first kappa shape index (κ1) is 28.6. The average Bonchev–Trinajstić information content (AvgIpc) is 2.70. The number of hydrogen-bond donors (Lipinski definition) is 2. The second-order valence-corrected chi connectivity index (χ2v) is 8.78. The number of nitrogens with zero attached hydrogens (tertiary/aromatic N) is 1. The summed E-state index contributed by atoms with van der Waals surface area (Å²) in [5.41, 5.74) is 0. The number of nitrogens with one attached hydrogen (secondary N) is 1. The fourth-order valence-electron chi connectivity index (χ4n) is 3.50. The van der Waals surface area contributed by atoms with E-state index in [1.807, 2.05) is 20.2 Å². The molecule has 2 N–H and O–H groups in total. The van der Waals surface area contributed by atoms with Crippen LogP contribution in [0.4, 0.5) is 0 Å². The summed E-state index contributed by atoms with van der Waals surface area (Å²) in [5.74, 6) is -1.69. The van der Waals surface area contributed by atoms with Crippen molar-refractivity contribution in [1.82, 2.24) is 10.2 Å². The molecule has 0 spiro atoms. The first-order chi connectivity index (χ1) is 14.5. The summed E-state index contributed by atoms with van der Waals surface area (Å²) >= 11 is 0. The van der Waals surface area contributed by atoms with E-state index in [9.17, 15) is 14.7 Å². The Morgan fingerprint density at radius 1 is 0.867 bits per heavy atom. The average molecular weight is 425 g/mol. The predicted molar refractivity (Wildman–Crippen MR) is 127 cm³/mol. The molecular formula is C25H48N2O3. The monoisotopic (exact) mass is 424 g/mol. The minimum atomic E-state index is -0.891. The maximum Gasteiger partial charge on any atom is 0.307 e. The van der Waals surface area contributed by atoms with Gasteiger partial charge in [-0.15, -0.1) is 0 Å². The molecule has 1 amide bonds. The van der Waals surface area contributed by atoms with E-state index in [1.54, 1.807) is 0 Å². The highest BCUT2D eigenvalue weighted by molar-refractivity contribution is 5.82. The van der Waals surface area contributed by atoms with E-state index in [0.717, 1.165) is 25.8 Å². The SMILES string of the molecule is CCCCCCCCCCCCC/C=C/CC(CC(=O)NCCCN(C)C)C(=O)O. The lowest BCUT2D eigenvalue weighted by Crippen LogP contribution is -2.30. The molecule has 5 heteroatoms. The van der Waals surface area contributed by atoms with Gasteiger partial charge in [-0.3, -0.25) is 9.59 Å². The van der Waals surface area contributed by atoms with Gasteiger partial charge in [0.05, 0.1) is 5.92 Å². The highest BCUT2D eigenvalue weighted by atomic mass is 16.4. The summed E-state index contributed by atoms with van der Waals surface area (Å²) in [6, 6.07) is 0. The van der Waals surface area contributed by atoms with Gasteiger partial charge in [0.1, 0.15) is 0 Å². The van der Waals surface area contributed by atoms with Gasteiger partial charge < -0.3 is 15.3 Å². The number of carboxylic acids is 1. The van der Waals surface area contributed by atoms with Gasteiger partial charge in [0, 0.05) is 13.0 Å². The van der Waals surface area contributed by atoms with Gasteiger partial charge in [0.25, 0.3) is 0 Å². The largest absolute Gasteiger partial charge is 0.481 e. The van der Waals surface area contributed by atoms with Gasteiger partial charge in [-0.25, -0.2) is 0 Å². The van der Waals surface area contributed by atoms with Crippen LogP contribution in [0.25, 0.3) is 0 Å². The Morgan fingerprint density at radius 3 is 1.97 bits per heavy atom. The zero-order chi connectivity index (χ0) is 22.5. The van der Waals surface area contributed by atoms with Crippen molar-refractivity contribution in [2.45, 2.75) is 103 Å². The van der Waals surface area contributed by atoms with Crippen molar-refractivity contribution in [3.05, 3.63) is 12.2 Å². The summed E-state index contributed by atoms with van der Waals surface area (Å²) in [7, 11) is 3.98. The third kappa shape index (κ3) is 19.9. The molecule has 0 saturated carbocycles. The first-order valence-electron chi connectivity index (χ1n) is 12.3. The molecule has 176 valence electrons. The summed E-state index contributed by atoms with van der Waals surface area (Å²) in [5, 5.41) is 12.2. The Balaban J connectivity index is 3.69. The zero-order valence-electron chi connectivity index (χ0n) is 20.0. The molecule has 0 heterocycles. The molecular weight excluding hydrogens is 376 g/mol. The van der Waals surface area contributed by atoms with Crippen LogP contribution in [0.3, 0.4) is 0 Å². The standard InChI is InChI=1S/C25H48N2O3/c1-4-5-6-7-8-9-10-11-12-13-14-15-16-17-19-23(25(29)30)22-24(28)26-20-18-21-27(2)3/h16-17,23H,4-15,18-22H2,1-3H3,(H,26,28)(H,29,30)/b17-16+. The van der Waals surface area contributed by atoms with Gasteiger partial charge in [-0.05, 0) is 46.3 Å². The van der Waals surface area contributed by atoms with Gasteiger partial charge >= 0.3 is 5.97 Å². The third-order valence-electron chi connectivity index (χ3n) is 5.45. The molecule has 0 aromatic rings. The van der Waals surface area contributed by atoms with Crippen LogP contribution < -0.4 is 5.32 Å². The fraction of sp³-hybridized carbons (Fsp3) is 0.840.